The smallest absolute Gasteiger partial charge is 0.0240 e. The second-order valence-corrected chi connectivity index (χ2v) is 10.5. The topological polar surface area (TPSA) is 0 Å². The highest BCUT2D eigenvalue weighted by molar-refractivity contribution is 14.1. The summed E-state index contributed by atoms with van der Waals surface area (Å²) in [6, 6.07) is 13.7. The molecular formula is C19H23I. The third kappa shape index (κ3) is 2.09. The van der Waals surface area contributed by atoms with E-state index in [9.17, 15) is 0 Å². The highest BCUT2D eigenvalue weighted by Gasteiger charge is 2.46. The van der Waals surface area contributed by atoms with Crippen LogP contribution in [0.1, 0.15) is 57.6 Å². The summed E-state index contributed by atoms with van der Waals surface area (Å²) in [6.45, 7) is 11.9. The van der Waals surface area contributed by atoms with Gasteiger partial charge in [0.2, 0.25) is 0 Å². The maximum absolute atomic E-state index is 2.64. The summed E-state index contributed by atoms with van der Waals surface area (Å²) in [5.41, 5.74) is 3.39. The Morgan fingerprint density at radius 3 is 1.75 bits per heavy atom. The minimum atomic E-state index is 0.253. The number of hydrogen-bond acceptors (Lipinski definition) is 0. The Morgan fingerprint density at radius 2 is 1.30 bits per heavy atom. The van der Waals surface area contributed by atoms with E-state index in [4.69, 9.17) is 0 Å². The molecule has 2 aromatic carbocycles. The maximum atomic E-state index is 2.64. The van der Waals surface area contributed by atoms with Crippen LogP contribution in [0.25, 0.3) is 10.8 Å². The molecule has 2 atom stereocenters. The van der Waals surface area contributed by atoms with Gasteiger partial charge in [0.15, 0.2) is 0 Å². The number of benzene rings is 2. The maximum Gasteiger partial charge on any atom is 0.0240 e. The average molecular weight is 378 g/mol. The summed E-state index contributed by atoms with van der Waals surface area (Å²) >= 11 is 2.64. The molecule has 0 heterocycles. The van der Waals surface area contributed by atoms with Gasteiger partial charge in [0.1, 0.15) is 0 Å². The van der Waals surface area contributed by atoms with Gasteiger partial charge in [0, 0.05) is 9.34 Å². The van der Waals surface area contributed by atoms with Crippen LogP contribution in [-0.2, 0) is 0 Å². The molecule has 3 rings (SSSR count). The van der Waals surface area contributed by atoms with Gasteiger partial charge in [-0.25, -0.2) is 0 Å². The van der Waals surface area contributed by atoms with Crippen molar-refractivity contribution in [2.45, 2.75) is 49.9 Å². The highest BCUT2D eigenvalue weighted by Crippen LogP contribution is 2.59. The minimum absolute atomic E-state index is 0.253. The molecule has 2 unspecified atom stereocenters. The van der Waals surface area contributed by atoms with E-state index >= 15 is 0 Å². The first-order valence-corrected chi connectivity index (χ1v) is 8.49. The van der Waals surface area contributed by atoms with Crippen molar-refractivity contribution in [1.82, 2.24) is 0 Å². The SMILES string of the molecule is CC(C)(C)C1c2cccc3cccc(c23)C1C(C)(C)I. The fourth-order valence-corrected chi connectivity index (χ4v) is 4.70. The fraction of sp³-hybridized carbons (Fsp3) is 0.474. The van der Waals surface area contributed by atoms with Gasteiger partial charge in [-0.1, -0.05) is 93.6 Å². The minimum Gasteiger partial charge on any atom is -0.0788 e. The standard InChI is InChI=1S/C19H23I/c1-18(2,3)16-13-10-6-8-12-9-7-11-14(15(12)13)17(16)19(4,5)20/h6-11,16-17H,1-5H3. The normalized spacial score (nSPS) is 22.5. The monoisotopic (exact) mass is 378 g/mol. The van der Waals surface area contributed by atoms with Crippen molar-refractivity contribution in [2.24, 2.45) is 5.41 Å². The molecule has 0 radical (unpaired) electrons. The summed E-state index contributed by atoms with van der Waals surface area (Å²) in [5.74, 6) is 1.18. The summed E-state index contributed by atoms with van der Waals surface area (Å²) < 4.78 is 0.253. The zero-order chi connectivity index (χ0) is 14.7. The van der Waals surface area contributed by atoms with Crippen LogP contribution >= 0.6 is 22.6 Å². The predicted molar refractivity (Wildman–Crippen MR) is 97.0 cm³/mol. The van der Waals surface area contributed by atoms with Crippen molar-refractivity contribution < 1.29 is 0 Å². The Hall–Kier alpha value is -0.570. The Balaban J connectivity index is 2.36. The Bertz CT molecular complexity index is 601. The Labute approximate surface area is 136 Å². The molecule has 1 aliphatic carbocycles. The van der Waals surface area contributed by atoms with Gasteiger partial charge in [0.25, 0.3) is 0 Å². The van der Waals surface area contributed by atoms with Gasteiger partial charge in [-0.05, 0) is 33.2 Å². The van der Waals surface area contributed by atoms with E-state index in [1.165, 1.54) is 10.8 Å². The Morgan fingerprint density at radius 1 is 0.800 bits per heavy atom. The van der Waals surface area contributed by atoms with Crippen LogP contribution in [0.4, 0.5) is 0 Å². The lowest BCUT2D eigenvalue weighted by Crippen LogP contribution is -2.31. The molecular weight excluding hydrogens is 355 g/mol. The first-order valence-electron chi connectivity index (χ1n) is 7.42. The van der Waals surface area contributed by atoms with Crippen LogP contribution in [0.2, 0.25) is 0 Å². The summed E-state index contributed by atoms with van der Waals surface area (Å²) in [5, 5.41) is 2.92. The van der Waals surface area contributed by atoms with E-state index in [1.807, 2.05) is 0 Å². The largest absolute Gasteiger partial charge is 0.0788 e. The van der Waals surface area contributed by atoms with Crippen LogP contribution in [-0.4, -0.2) is 3.42 Å². The second-order valence-electron chi connectivity index (χ2n) is 7.68. The number of alkyl halides is 1. The molecule has 0 N–H and O–H groups in total. The van der Waals surface area contributed by atoms with Crippen molar-refractivity contribution in [3.8, 4) is 0 Å². The van der Waals surface area contributed by atoms with Crippen molar-refractivity contribution >= 4 is 33.4 Å². The molecule has 0 aliphatic heterocycles. The van der Waals surface area contributed by atoms with Gasteiger partial charge in [-0.2, -0.15) is 0 Å². The zero-order valence-electron chi connectivity index (χ0n) is 13.0. The number of halogens is 1. The molecule has 1 aliphatic rings. The molecule has 1 heteroatoms. The van der Waals surface area contributed by atoms with E-state index in [-0.39, 0.29) is 8.84 Å². The van der Waals surface area contributed by atoms with Crippen LogP contribution in [0.15, 0.2) is 36.4 Å². The summed E-state index contributed by atoms with van der Waals surface area (Å²) in [6.07, 6.45) is 0. The lowest BCUT2D eigenvalue weighted by Gasteiger charge is -2.39. The molecule has 0 saturated carbocycles. The molecule has 0 spiro atoms. The average Bonchev–Trinajstić information content (AvgIpc) is 2.66. The van der Waals surface area contributed by atoms with E-state index < -0.39 is 0 Å². The molecule has 0 fully saturated rings. The lowest BCUT2D eigenvalue weighted by atomic mass is 9.68. The van der Waals surface area contributed by atoms with Crippen molar-refractivity contribution in [1.29, 1.82) is 0 Å². The van der Waals surface area contributed by atoms with Crippen LogP contribution in [0, 0.1) is 5.41 Å². The first kappa shape index (κ1) is 14.4. The molecule has 0 saturated heterocycles. The quantitative estimate of drug-likeness (QED) is 0.405. The molecule has 106 valence electrons. The molecule has 0 nitrogen and oxygen atoms in total. The zero-order valence-corrected chi connectivity index (χ0v) is 15.2. The molecule has 0 aromatic heterocycles. The first-order chi connectivity index (χ1) is 9.21. The molecule has 20 heavy (non-hydrogen) atoms. The predicted octanol–water partition coefficient (Wildman–Crippen LogP) is 6.28. The van der Waals surface area contributed by atoms with Crippen molar-refractivity contribution in [2.75, 3.05) is 0 Å². The van der Waals surface area contributed by atoms with Gasteiger partial charge in [-0.3, -0.25) is 0 Å². The third-order valence-electron chi connectivity index (χ3n) is 4.65. The molecule has 0 bridgehead atoms. The Kier molecular flexibility index (Phi) is 3.20. The molecule has 2 aromatic rings. The van der Waals surface area contributed by atoms with Gasteiger partial charge in [0.05, 0.1) is 0 Å². The van der Waals surface area contributed by atoms with Gasteiger partial charge >= 0.3 is 0 Å². The van der Waals surface area contributed by atoms with Crippen LogP contribution < -0.4 is 0 Å². The number of hydrogen-bond donors (Lipinski definition) is 0. The van der Waals surface area contributed by atoms with Crippen LogP contribution in [0.3, 0.4) is 0 Å². The molecule has 0 amide bonds. The third-order valence-corrected chi connectivity index (χ3v) is 5.32. The summed E-state index contributed by atoms with van der Waals surface area (Å²) in [4.78, 5) is 0. The van der Waals surface area contributed by atoms with E-state index in [0.717, 1.165) is 0 Å². The van der Waals surface area contributed by atoms with Gasteiger partial charge < -0.3 is 0 Å². The highest BCUT2D eigenvalue weighted by atomic mass is 127. The summed E-state index contributed by atoms with van der Waals surface area (Å²) in [7, 11) is 0. The fourth-order valence-electron chi connectivity index (χ4n) is 4.01. The number of rotatable bonds is 1. The van der Waals surface area contributed by atoms with E-state index in [2.05, 4.69) is 93.6 Å². The van der Waals surface area contributed by atoms with Crippen molar-refractivity contribution in [3.63, 3.8) is 0 Å². The van der Waals surface area contributed by atoms with Gasteiger partial charge in [-0.15, -0.1) is 0 Å². The second kappa shape index (κ2) is 4.46. The van der Waals surface area contributed by atoms with Crippen molar-refractivity contribution in [3.05, 3.63) is 47.5 Å². The van der Waals surface area contributed by atoms with E-state index in [1.54, 1.807) is 11.1 Å². The van der Waals surface area contributed by atoms with E-state index in [0.29, 0.717) is 11.8 Å². The lowest BCUT2D eigenvalue weighted by molar-refractivity contribution is 0.270. The van der Waals surface area contributed by atoms with Crippen LogP contribution in [0.5, 0.6) is 0 Å².